The molecule has 1 saturated carbocycles. The van der Waals surface area contributed by atoms with Gasteiger partial charge in [-0.05, 0) is 30.9 Å². The molecule has 3 unspecified atom stereocenters. The lowest BCUT2D eigenvalue weighted by molar-refractivity contribution is 0.102. The van der Waals surface area contributed by atoms with E-state index in [-0.39, 0.29) is 12.4 Å². The van der Waals surface area contributed by atoms with E-state index in [0.717, 1.165) is 18.6 Å². The minimum atomic E-state index is -0.949. The second-order valence-electron chi connectivity index (χ2n) is 5.46. The van der Waals surface area contributed by atoms with Gasteiger partial charge in [0.15, 0.2) is 11.6 Å². The SMILES string of the molecule is CC1CCCC1NCC(O)COc1ccc(F)c(F)c1. The Labute approximate surface area is 117 Å². The van der Waals surface area contributed by atoms with Crippen LogP contribution in [0.4, 0.5) is 8.78 Å². The highest BCUT2D eigenvalue weighted by Crippen LogP contribution is 2.24. The van der Waals surface area contributed by atoms with Gasteiger partial charge in [-0.25, -0.2) is 8.78 Å². The van der Waals surface area contributed by atoms with Gasteiger partial charge in [0.1, 0.15) is 18.5 Å². The monoisotopic (exact) mass is 285 g/mol. The first kappa shape index (κ1) is 15.2. The molecule has 1 aromatic carbocycles. The highest BCUT2D eigenvalue weighted by atomic mass is 19.2. The molecule has 2 rings (SSSR count). The van der Waals surface area contributed by atoms with Gasteiger partial charge in [-0.3, -0.25) is 0 Å². The summed E-state index contributed by atoms with van der Waals surface area (Å²) in [6.07, 6.45) is 2.91. The maximum Gasteiger partial charge on any atom is 0.162 e. The van der Waals surface area contributed by atoms with Gasteiger partial charge in [0.2, 0.25) is 0 Å². The Morgan fingerprint density at radius 2 is 2.15 bits per heavy atom. The molecule has 3 nitrogen and oxygen atoms in total. The minimum Gasteiger partial charge on any atom is -0.491 e. The van der Waals surface area contributed by atoms with Crippen molar-refractivity contribution in [2.45, 2.75) is 38.3 Å². The van der Waals surface area contributed by atoms with Crippen LogP contribution >= 0.6 is 0 Å². The van der Waals surface area contributed by atoms with E-state index in [4.69, 9.17) is 4.74 Å². The van der Waals surface area contributed by atoms with E-state index in [9.17, 15) is 13.9 Å². The van der Waals surface area contributed by atoms with Gasteiger partial charge < -0.3 is 15.2 Å². The van der Waals surface area contributed by atoms with Crippen molar-refractivity contribution in [1.29, 1.82) is 0 Å². The number of rotatable bonds is 6. The van der Waals surface area contributed by atoms with Crippen LogP contribution in [0.25, 0.3) is 0 Å². The van der Waals surface area contributed by atoms with Crippen LogP contribution in [-0.4, -0.2) is 30.4 Å². The quantitative estimate of drug-likeness (QED) is 0.843. The normalized spacial score (nSPS) is 23.8. The topological polar surface area (TPSA) is 41.5 Å². The lowest BCUT2D eigenvalue weighted by atomic mass is 10.1. The van der Waals surface area contributed by atoms with E-state index in [1.165, 1.54) is 18.9 Å². The second kappa shape index (κ2) is 6.99. The van der Waals surface area contributed by atoms with Crippen molar-refractivity contribution in [3.63, 3.8) is 0 Å². The van der Waals surface area contributed by atoms with Crippen molar-refractivity contribution >= 4 is 0 Å². The molecule has 1 aliphatic rings. The molecule has 0 spiro atoms. The second-order valence-corrected chi connectivity index (χ2v) is 5.46. The lowest BCUT2D eigenvalue weighted by Crippen LogP contribution is -2.39. The van der Waals surface area contributed by atoms with Crippen molar-refractivity contribution in [2.75, 3.05) is 13.2 Å². The third-order valence-corrected chi connectivity index (χ3v) is 3.81. The van der Waals surface area contributed by atoms with Gasteiger partial charge in [-0.1, -0.05) is 13.3 Å². The van der Waals surface area contributed by atoms with Gasteiger partial charge in [0.05, 0.1) is 0 Å². The Bertz CT molecular complexity index is 442. The van der Waals surface area contributed by atoms with Gasteiger partial charge in [-0.15, -0.1) is 0 Å². The molecule has 5 heteroatoms. The number of aliphatic hydroxyl groups is 1. The summed E-state index contributed by atoms with van der Waals surface area (Å²) in [5, 5.41) is 13.1. The molecule has 1 fully saturated rings. The van der Waals surface area contributed by atoms with Crippen molar-refractivity contribution in [2.24, 2.45) is 5.92 Å². The largest absolute Gasteiger partial charge is 0.491 e. The highest BCUT2D eigenvalue weighted by Gasteiger charge is 2.23. The molecule has 0 radical (unpaired) electrons. The first-order chi connectivity index (χ1) is 9.56. The summed E-state index contributed by atoms with van der Waals surface area (Å²) in [7, 11) is 0. The van der Waals surface area contributed by atoms with Crippen LogP contribution in [0.2, 0.25) is 0 Å². The van der Waals surface area contributed by atoms with E-state index in [1.54, 1.807) is 0 Å². The summed E-state index contributed by atoms with van der Waals surface area (Å²) in [4.78, 5) is 0. The molecule has 0 aromatic heterocycles. The maximum absolute atomic E-state index is 13.0. The fourth-order valence-corrected chi connectivity index (χ4v) is 2.55. The molecule has 0 amide bonds. The van der Waals surface area contributed by atoms with Crippen molar-refractivity contribution in [1.82, 2.24) is 5.32 Å². The molecule has 1 aromatic rings. The predicted molar refractivity (Wildman–Crippen MR) is 72.7 cm³/mol. The molecule has 112 valence electrons. The third-order valence-electron chi connectivity index (χ3n) is 3.81. The summed E-state index contributed by atoms with van der Waals surface area (Å²) in [6, 6.07) is 3.79. The fraction of sp³-hybridized carbons (Fsp3) is 0.600. The lowest BCUT2D eigenvalue weighted by Gasteiger charge is -2.20. The zero-order valence-corrected chi connectivity index (χ0v) is 11.6. The van der Waals surface area contributed by atoms with Gasteiger partial charge in [0.25, 0.3) is 0 Å². The van der Waals surface area contributed by atoms with Gasteiger partial charge in [-0.2, -0.15) is 0 Å². The summed E-state index contributed by atoms with van der Waals surface area (Å²) >= 11 is 0. The first-order valence-corrected chi connectivity index (χ1v) is 7.05. The number of hydrogen-bond donors (Lipinski definition) is 2. The Kier molecular flexibility index (Phi) is 5.31. The van der Waals surface area contributed by atoms with Crippen LogP contribution in [0.15, 0.2) is 18.2 Å². The fourth-order valence-electron chi connectivity index (χ4n) is 2.55. The number of ether oxygens (including phenoxy) is 1. The number of nitrogens with one attached hydrogen (secondary N) is 1. The Hall–Kier alpha value is -1.20. The molecule has 0 bridgehead atoms. The summed E-state index contributed by atoms with van der Waals surface area (Å²) in [5.41, 5.74) is 0. The van der Waals surface area contributed by atoms with Crippen LogP contribution in [0.3, 0.4) is 0 Å². The van der Waals surface area contributed by atoms with Crippen molar-refractivity contribution < 1.29 is 18.6 Å². The molecule has 0 heterocycles. The molecule has 1 aliphatic carbocycles. The van der Waals surface area contributed by atoms with E-state index >= 15 is 0 Å². The molecular formula is C15H21F2NO2. The molecular weight excluding hydrogens is 264 g/mol. The van der Waals surface area contributed by atoms with E-state index in [0.29, 0.717) is 18.5 Å². The minimum absolute atomic E-state index is 0.0547. The van der Waals surface area contributed by atoms with Crippen LogP contribution in [-0.2, 0) is 0 Å². The molecule has 0 saturated heterocycles. The number of halogens is 2. The predicted octanol–water partition coefficient (Wildman–Crippen LogP) is 2.48. The summed E-state index contributed by atoms with van der Waals surface area (Å²) in [6.45, 7) is 2.70. The highest BCUT2D eigenvalue weighted by molar-refractivity contribution is 5.23. The van der Waals surface area contributed by atoms with E-state index in [1.807, 2.05) is 0 Å². The Morgan fingerprint density at radius 3 is 2.80 bits per heavy atom. The van der Waals surface area contributed by atoms with Gasteiger partial charge in [0, 0.05) is 18.7 Å². The Balaban J connectivity index is 1.71. The zero-order valence-electron chi connectivity index (χ0n) is 11.6. The number of aliphatic hydroxyl groups excluding tert-OH is 1. The molecule has 2 N–H and O–H groups in total. The average molecular weight is 285 g/mol. The van der Waals surface area contributed by atoms with Crippen LogP contribution in [0, 0.1) is 17.6 Å². The van der Waals surface area contributed by atoms with Crippen molar-refractivity contribution in [3.8, 4) is 5.75 Å². The third kappa shape index (κ3) is 4.15. The van der Waals surface area contributed by atoms with Gasteiger partial charge >= 0.3 is 0 Å². The number of benzene rings is 1. The molecule has 20 heavy (non-hydrogen) atoms. The summed E-state index contributed by atoms with van der Waals surface area (Å²) < 4.78 is 31.0. The van der Waals surface area contributed by atoms with E-state index < -0.39 is 17.7 Å². The smallest absolute Gasteiger partial charge is 0.162 e. The maximum atomic E-state index is 13.0. The zero-order chi connectivity index (χ0) is 14.5. The average Bonchev–Trinajstić information content (AvgIpc) is 2.83. The number of hydrogen-bond acceptors (Lipinski definition) is 3. The standard InChI is InChI=1S/C15H21F2NO2/c1-10-3-2-4-15(10)18-8-11(19)9-20-12-5-6-13(16)14(17)7-12/h5-7,10-11,15,18-19H,2-4,8-9H2,1H3. The first-order valence-electron chi connectivity index (χ1n) is 7.05. The van der Waals surface area contributed by atoms with E-state index in [2.05, 4.69) is 12.2 Å². The summed E-state index contributed by atoms with van der Waals surface area (Å²) in [5.74, 6) is -1.00. The molecule has 3 atom stereocenters. The Morgan fingerprint density at radius 1 is 1.35 bits per heavy atom. The van der Waals surface area contributed by atoms with Crippen LogP contribution < -0.4 is 10.1 Å². The molecule has 0 aliphatic heterocycles. The van der Waals surface area contributed by atoms with Crippen LogP contribution in [0.5, 0.6) is 5.75 Å². The van der Waals surface area contributed by atoms with Crippen LogP contribution in [0.1, 0.15) is 26.2 Å². The van der Waals surface area contributed by atoms with Crippen molar-refractivity contribution in [3.05, 3.63) is 29.8 Å².